The number of benzene rings is 1. The molecule has 2 aromatic rings. The fourth-order valence-electron chi connectivity index (χ4n) is 1.60. The SMILES string of the molecule is Cc1cc(SCC(=O)O)c2cc(Cl)cc(Cl)c2n1. The number of aromatic nitrogens is 1. The number of fused-ring (bicyclic) bond motifs is 1. The largest absolute Gasteiger partial charge is 0.481 e. The first-order chi connectivity index (χ1) is 8.47. The van der Waals surface area contributed by atoms with Crippen LogP contribution in [0.15, 0.2) is 23.1 Å². The minimum absolute atomic E-state index is 0.0112. The molecule has 0 radical (unpaired) electrons. The summed E-state index contributed by atoms with van der Waals surface area (Å²) in [5.41, 5.74) is 1.44. The molecule has 0 aliphatic heterocycles. The van der Waals surface area contributed by atoms with Crippen molar-refractivity contribution in [2.45, 2.75) is 11.8 Å². The summed E-state index contributed by atoms with van der Waals surface area (Å²) < 4.78 is 0. The van der Waals surface area contributed by atoms with Crippen LogP contribution in [0.3, 0.4) is 0 Å². The molecule has 1 heterocycles. The molecule has 0 aliphatic rings. The molecule has 2 rings (SSSR count). The number of aryl methyl sites for hydroxylation is 1. The number of hydrogen-bond donors (Lipinski definition) is 1. The quantitative estimate of drug-likeness (QED) is 0.870. The van der Waals surface area contributed by atoms with Gasteiger partial charge in [-0.3, -0.25) is 9.78 Å². The lowest BCUT2D eigenvalue weighted by Crippen LogP contribution is -1.98. The van der Waals surface area contributed by atoms with Crippen molar-refractivity contribution in [2.24, 2.45) is 0 Å². The highest BCUT2D eigenvalue weighted by Crippen LogP contribution is 2.33. The number of carbonyl (C=O) groups is 1. The van der Waals surface area contributed by atoms with Crippen LogP contribution in [-0.2, 0) is 4.79 Å². The van der Waals surface area contributed by atoms with Gasteiger partial charge in [-0.2, -0.15) is 0 Å². The maximum Gasteiger partial charge on any atom is 0.313 e. The normalized spacial score (nSPS) is 10.8. The third-order valence-electron chi connectivity index (χ3n) is 2.27. The summed E-state index contributed by atoms with van der Waals surface area (Å²) in [4.78, 5) is 15.8. The van der Waals surface area contributed by atoms with Gasteiger partial charge in [0.15, 0.2) is 0 Å². The molecular weight excluding hydrogens is 293 g/mol. The molecule has 0 amide bonds. The Kier molecular flexibility index (Phi) is 4.00. The summed E-state index contributed by atoms with van der Waals surface area (Å²) in [6, 6.07) is 5.21. The lowest BCUT2D eigenvalue weighted by atomic mass is 10.2. The monoisotopic (exact) mass is 301 g/mol. The Hall–Kier alpha value is -0.970. The summed E-state index contributed by atoms with van der Waals surface area (Å²) in [5.74, 6) is -0.876. The van der Waals surface area contributed by atoms with E-state index in [1.165, 1.54) is 11.8 Å². The van der Waals surface area contributed by atoms with Gasteiger partial charge in [0.2, 0.25) is 0 Å². The Morgan fingerprint density at radius 2 is 2.11 bits per heavy atom. The van der Waals surface area contributed by atoms with Crippen molar-refractivity contribution >= 4 is 51.8 Å². The van der Waals surface area contributed by atoms with Crippen LogP contribution in [0.2, 0.25) is 10.0 Å². The van der Waals surface area contributed by atoms with Crippen LogP contribution in [0.25, 0.3) is 10.9 Å². The van der Waals surface area contributed by atoms with Gasteiger partial charge in [-0.05, 0) is 25.1 Å². The van der Waals surface area contributed by atoms with Crippen LogP contribution in [-0.4, -0.2) is 21.8 Å². The standard InChI is InChI=1S/C12H9Cl2NO2S/c1-6-2-10(18-5-11(16)17)8-3-7(13)4-9(14)12(8)15-6/h2-4H,5H2,1H3,(H,16,17). The van der Waals surface area contributed by atoms with Crippen molar-refractivity contribution < 1.29 is 9.90 Å². The van der Waals surface area contributed by atoms with E-state index >= 15 is 0 Å². The summed E-state index contributed by atoms with van der Waals surface area (Å²) in [6.45, 7) is 1.84. The van der Waals surface area contributed by atoms with E-state index in [2.05, 4.69) is 4.98 Å². The third kappa shape index (κ3) is 2.88. The number of carboxylic acids is 1. The Balaban J connectivity index is 2.60. The molecule has 0 bridgehead atoms. The summed E-state index contributed by atoms with van der Waals surface area (Å²) in [5, 5.41) is 10.5. The van der Waals surface area contributed by atoms with Gasteiger partial charge in [-0.1, -0.05) is 23.2 Å². The predicted octanol–water partition coefficient (Wildman–Crippen LogP) is 4.03. The first kappa shape index (κ1) is 13.5. The van der Waals surface area contributed by atoms with E-state index in [0.717, 1.165) is 16.0 Å². The van der Waals surface area contributed by atoms with Crippen molar-refractivity contribution in [2.75, 3.05) is 5.75 Å². The fraction of sp³-hybridized carbons (Fsp3) is 0.167. The van der Waals surface area contributed by atoms with Gasteiger partial charge in [0.25, 0.3) is 0 Å². The van der Waals surface area contributed by atoms with E-state index in [1.807, 2.05) is 13.0 Å². The highest BCUT2D eigenvalue weighted by Gasteiger charge is 2.10. The van der Waals surface area contributed by atoms with Gasteiger partial charge in [0.05, 0.1) is 16.3 Å². The minimum Gasteiger partial charge on any atom is -0.481 e. The fourth-order valence-corrected chi connectivity index (χ4v) is 2.98. The second kappa shape index (κ2) is 5.34. The van der Waals surface area contributed by atoms with E-state index in [4.69, 9.17) is 28.3 Å². The van der Waals surface area contributed by atoms with Crippen LogP contribution in [0, 0.1) is 6.92 Å². The summed E-state index contributed by atoms with van der Waals surface area (Å²) >= 11 is 13.3. The van der Waals surface area contributed by atoms with Crippen molar-refractivity contribution in [3.05, 3.63) is 33.9 Å². The minimum atomic E-state index is -0.865. The van der Waals surface area contributed by atoms with E-state index in [-0.39, 0.29) is 5.75 Å². The van der Waals surface area contributed by atoms with Gasteiger partial charge >= 0.3 is 5.97 Å². The highest BCUT2D eigenvalue weighted by molar-refractivity contribution is 8.00. The third-order valence-corrected chi connectivity index (χ3v) is 3.82. The summed E-state index contributed by atoms with van der Waals surface area (Å²) in [6.07, 6.45) is 0. The van der Waals surface area contributed by atoms with Crippen molar-refractivity contribution in [1.82, 2.24) is 4.98 Å². The van der Waals surface area contributed by atoms with E-state index in [0.29, 0.717) is 15.6 Å². The highest BCUT2D eigenvalue weighted by atomic mass is 35.5. The molecule has 0 saturated carbocycles. The van der Waals surface area contributed by atoms with Gasteiger partial charge in [-0.15, -0.1) is 11.8 Å². The molecule has 0 atom stereocenters. The molecule has 3 nitrogen and oxygen atoms in total. The number of halogens is 2. The number of aliphatic carboxylic acids is 1. The smallest absolute Gasteiger partial charge is 0.313 e. The second-order valence-electron chi connectivity index (χ2n) is 3.73. The van der Waals surface area contributed by atoms with Gasteiger partial charge in [-0.25, -0.2) is 0 Å². The number of rotatable bonds is 3. The van der Waals surface area contributed by atoms with Crippen molar-refractivity contribution in [1.29, 1.82) is 0 Å². The van der Waals surface area contributed by atoms with Crippen LogP contribution in [0.5, 0.6) is 0 Å². The number of carboxylic acid groups (broad SMARTS) is 1. The van der Waals surface area contributed by atoms with Gasteiger partial charge < -0.3 is 5.11 Å². The van der Waals surface area contributed by atoms with Crippen LogP contribution < -0.4 is 0 Å². The molecule has 6 heteroatoms. The number of pyridine rings is 1. The first-order valence-corrected chi connectivity index (χ1v) is 6.82. The van der Waals surface area contributed by atoms with Gasteiger partial charge in [0, 0.05) is 21.0 Å². The molecule has 18 heavy (non-hydrogen) atoms. The maximum absolute atomic E-state index is 10.6. The zero-order chi connectivity index (χ0) is 13.3. The number of hydrogen-bond acceptors (Lipinski definition) is 3. The second-order valence-corrected chi connectivity index (χ2v) is 5.59. The number of nitrogens with zero attached hydrogens (tertiary/aromatic N) is 1. The molecule has 1 N–H and O–H groups in total. The average Bonchev–Trinajstić information content (AvgIpc) is 2.27. The summed E-state index contributed by atoms with van der Waals surface area (Å²) in [7, 11) is 0. The van der Waals surface area contributed by atoms with Crippen molar-refractivity contribution in [3.8, 4) is 0 Å². The Labute approximate surface area is 118 Å². The van der Waals surface area contributed by atoms with E-state index in [1.54, 1.807) is 12.1 Å². The predicted molar refractivity (Wildman–Crippen MR) is 74.9 cm³/mol. The van der Waals surface area contributed by atoms with Gasteiger partial charge in [0.1, 0.15) is 0 Å². The molecule has 0 fully saturated rings. The maximum atomic E-state index is 10.6. The van der Waals surface area contributed by atoms with Crippen LogP contribution >= 0.6 is 35.0 Å². The number of thioether (sulfide) groups is 1. The van der Waals surface area contributed by atoms with E-state index < -0.39 is 5.97 Å². The Morgan fingerprint density at radius 3 is 2.78 bits per heavy atom. The lowest BCUT2D eigenvalue weighted by molar-refractivity contribution is -0.133. The zero-order valence-electron chi connectivity index (χ0n) is 9.41. The van der Waals surface area contributed by atoms with Crippen LogP contribution in [0.4, 0.5) is 0 Å². The molecule has 1 aromatic carbocycles. The molecule has 0 spiro atoms. The molecule has 1 aromatic heterocycles. The topological polar surface area (TPSA) is 50.2 Å². The van der Waals surface area contributed by atoms with Crippen LogP contribution in [0.1, 0.15) is 5.69 Å². The Morgan fingerprint density at radius 1 is 1.39 bits per heavy atom. The first-order valence-electron chi connectivity index (χ1n) is 5.08. The zero-order valence-corrected chi connectivity index (χ0v) is 11.7. The molecule has 94 valence electrons. The Bertz CT molecular complexity index is 631. The van der Waals surface area contributed by atoms with E-state index in [9.17, 15) is 4.79 Å². The average molecular weight is 302 g/mol. The molecule has 0 aliphatic carbocycles. The van der Waals surface area contributed by atoms with Crippen molar-refractivity contribution in [3.63, 3.8) is 0 Å². The molecule has 0 saturated heterocycles. The molecular formula is C12H9Cl2NO2S. The molecule has 0 unspecified atom stereocenters. The lowest BCUT2D eigenvalue weighted by Gasteiger charge is -2.08.